The molecule has 0 N–H and O–H groups in total. The van der Waals surface area contributed by atoms with Crippen LogP contribution in [0.15, 0.2) is 103 Å². The van der Waals surface area contributed by atoms with Crippen LogP contribution in [0, 0.1) is 10.1 Å². The van der Waals surface area contributed by atoms with Gasteiger partial charge in [-0.2, -0.15) is 0 Å². The number of nitro groups is 1. The van der Waals surface area contributed by atoms with Crippen molar-refractivity contribution >= 4 is 28.9 Å². The molecule has 3 nitrogen and oxygen atoms in total. The third kappa shape index (κ3) is 4.94. The summed E-state index contributed by atoms with van der Waals surface area (Å²) in [4.78, 5) is 11.7. The van der Waals surface area contributed by atoms with Crippen molar-refractivity contribution in [2.45, 2.75) is 26.2 Å². The van der Waals surface area contributed by atoms with Crippen molar-refractivity contribution in [2.75, 3.05) is 6.66 Å². The predicted octanol–water partition coefficient (Wildman–Crippen LogP) is 3.49. The minimum absolute atomic E-state index is 0. The van der Waals surface area contributed by atoms with E-state index in [-0.39, 0.29) is 40.0 Å². The third-order valence-corrected chi connectivity index (χ3v) is 10.3. The van der Waals surface area contributed by atoms with Gasteiger partial charge in [-0.1, -0.05) is 87.5 Å². The molecule has 0 aromatic heterocycles. The molecule has 0 spiro atoms. The van der Waals surface area contributed by atoms with Crippen molar-refractivity contribution in [1.82, 2.24) is 0 Å². The molecule has 0 aliphatic heterocycles. The molecule has 0 bridgehead atoms. The lowest BCUT2D eigenvalue weighted by Gasteiger charge is -2.26. The number of benzene rings is 4. The Kier molecular flexibility index (Phi) is 7.95. The zero-order chi connectivity index (χ0) is 23.6. The second-order valence-corrected chi connectivity index (χ2v) is 13.0. The molecular formula is C29H29INO2P. The minimum atomic E-state index is -1.98. The Morgan fingerprint density at radius 2 is 1.24 bits per heavy atom. The predicted molar refractivity (Wildman–Crippen MR) is 142 cm³/mol. The van der Waals surface area contributed by atoms with E-state index in [9.17, 15) is 10.1 Å². The number of halogens is 1. The van der Waals surface area contributed by atoms with Gasteiger partial charge in [-0.25, -0.2) is 0 Å². The fourth-order valence-electron chi connectivity index (χ4n) is 4.47. The van der Waals surface area contributed by atoms with Crippen LogP contribution >= 0.6 is 7.26 Å². The van der Waals surface area contributed by atoms with Crippen LogP contribution in [0.3, 0.4) is 0 Å². The third-order valence-electron chi connectivity index (χ3n) is 6.24. The Morgan fingerprint density at radius 1 is 0.735 bits per heavy atom. The topological polar surface area (TPSA) is 43.1 Å². The van der Waals surface area contributed by atoms with E-state index >= 15 is 0 Å². The summed E-state index contributed by atoms with van der Waals surface area (Å²) in [7, 11) is -1.98. The van der Waals surface area contributed by atoms with E-state index in [0.717, 1.165) is 16.7 Å². The summed E-state index contributed by atoms with van der Waals surface area (Å²) in [5, 5.41) is 15.8. The number of hydrogen-bond donors (Lipinski definition) is 0. The molecule has 0 aliphatic rings. The molecule has 0 atom stereocenters. The van der Waals surface area contributed by atoms with Crippen molar-refractivity contribution in [1.29, 1.82) is 0 Å². The quantitative estimate of drug-likeness (QED) is 0.157. The maximum Gasteiger partial charge on any atom is 0.273 e. The molecule has 5 heteroatoms. The van der Waals surface area contributed by atoms with Gasteiger partial charge in [0.1, 0.15) is 23.2 Å². The fourth-order valence-corrected chi connectivity index (χ4v) is 7.93. The second-order valence-electron chi connectivity index (χ2n) is 9.43. The molecule has 4 rings (SSSR count). The van der Waals surface area contributed by atoms with Crippen molar-refractivity contribution in [3.05, 3.63) is 119 Å². The molecule has 34 heavy (non-hydrogen) atoms. The molecule has 174 valence electrons. The Morgan fingerprint density at radius 3 is 1.74 bits per heavy atom. The normalized spacial score (nSPS) is 11.5. The van der Waals surface area contributed by atoms with Gasteiger partial charge in [0.25, 0.3) is 5.69 Å². The highest BCUT2D eigenvalue weighted by molar-refractivity contribution is 7.95. The molecule has 4 aromatic carbocycles. The van der Waals surface area contributed by atoms with Crippen LogP contribution in [-0.2, 0) is 5.41 Å². The molecule has 0 amide bonds. The Balaban J connectivity index is 0.00000324. The first kappa shape index (κ1) is 26.1. The van der Waals surface area contributed by atoms with Gasteiger partial charge in [0.2, 0.25) is 0 Å². The maximum absolute atomic E-state index is 12.0. The molecule has 0 saturated heterocycles. The lowest BCUT2D eigenvalue weighted by molar-refractivity contribution is -0.385. The highest BCUT2D eigenvalue weighted by Gasteiger charge is 2.42. The summed E-state index contributed by atoms with van der Waals surface area (Å²) in [6.07, 6.45) is 0. The average Bonchev–Trinajstić information content (AvgIpc) is 2.83. The van der Waals surface area contributed by atoms with Gasteiger partial charge < -0.3 is 24.0 Å². The average molecular weight is 581 g/mol. The molecule has 4 aromatic rings. The summed E-state index contributed by atoms with van der Waals surface area (Å²) in [5.41, 5.74) is 2.54. The standard InChI is InChI=1S/C29H29NO2P.HI/c1-29(2,3)26-20-19-22(21-27(26)30(31)32)25-17-11-12-18-28(25)33(4,23-13-7-5-8-14-23)24-15-9-6-10-16-24;/h5-21H,1-4H3;1H/q+1;/p-1. The first-order chi connectivity index (χ1) is 15.7. The van der Waals surface area contributed by atoms with E-state index in [4.69, 9.17) is 0 Å². The molecule has 0 unspecified atom stereocenters. The first-order valence-electron chi connectivity index (χ1n) is 11.1. The number of rotatable bonds is 5. The summed E-state index contributed by atoms with van der Waals surface area (Å²) in [6, 6.07) is 35.3. The second kappa shape index (κ2) is 10.4. The summed E-state index contributed by atoms with van der Waals surface area (Å²) >= 11 is 0. The fraction of sp³-hybridized carbons (Fsp3) is 0.172. The van der Waals surface area contributed by atoms with E-state index in [1.807, 2.05) is 51.1 Å². The maximum atomic E-state index is 12.0. The molecule has 0 aliphatic carbocycles. The molecule has 0 heterocycles. The molecule has 0 fully saturated rings. The highest BCUT2D eigenvalue weighted by atomic mass is 127. The van der Waals surface area contributed by atoms with Gasteiger partial charge in [0.05, 0.1) is 11.6 Å². The van der Waals surface area contributed by atoms with Gasteiger partial charge in [-0.05, 0) is 41.3 Å². The Hall–Kier alpha value is -2.56. The number of nitrogens with zero attached hydrogens (tertiary/aromatic N) is 1. The van der Waals surface area contributed by atoms with E-state index in [1.165, 1.54) is 15.9 Å². The Bertz CT molecular complexity index is 1250. The van der Waals surface area contributed by atoms with Crippen LogP contribution in [0.2, 0.25) is 0 Å². The van der Waals surface area contributed by atoms with Crippen molar-refractivity contribution in [2.24, 2.45) is 0 Å². The van der Waals surface area contributed by atoms with Gasteiger partial charge >= 0.3 is 0 Å². The molecular weight excluding hydrogens is 552 g/mol. The smallest absolute Gasteiger partial charge is 0.273 e. The van der Waals surface area contributed by atoms with Crippen molar-refractivity contribution in [3.63, 3.8) is 0 Å². The van der Waals surface area contributed by atoms with Crippen molar-refractivity contribution in [3.8, 4) is 11.1 Å². The van der Waals surface area contributed by atoms with Crippen LogP contribution in [0.1, 0.15) is 26.3 Å². The van der Waals surface area contributed by atoms with E-state index < -0.39 is 7.26 Å². The van der Waals surface area contributed by atoms with Gasteiger partial charge in [-0.3, -0.25) is 10.1 Å². The lowest BCUT2D eigenvalue weighted by atomic mass is 9.84. The lowest BCUT2D eigenvalue weighted by Crippen LogP contribution is -3.00. The van der Waals surface area contributed by atoms with Gasteiger partial charge in [-0.15, -0.1) is 0 Å². The summed E-state index contributed by atoms with van der Waals surface area (Å²) in [6.45, 7) is 8.37. The number of hydrogen-bond acceptors (Lipinski definition) is 2. The van der Waals surface area contributed by atoms with E-state index in [2.05, 4.69) is 73.4 Å². The van der Waals surface area contributed by atoms with Crippen LogP contribution in [0.5, 0.6) is 0 Å². The van der Waals surface area contributed by atoms with Crippen LogP contribution < -0.4 is 39.9 Å². The zero-order valence-corrected chi connectivity index (χ0v) is 23.0. The summed E-state index contributed by atoms with van der Waals surface area (Å²) in [5.74, 6) is 0. The first-order valence-corrected chi connectivity index (χ1v) is 13.3. The van der Waals surface area contributed by atoms with Gasteiger partial charge in [0.15, 0.2) is 0 Å². The molecule has 0 radical (unpaired) electrons. The van der Waals surface area contributed by atoms with Crippen LogP contribution in [-0.4, -0.2) is 11.6 Å². The zero-order valence-electron chi connectivity index (χ0n) is 19.9. The molecule has 0 saturated carbocycles. The monoisotopic (exact) mass is 581 g/mol. The minimum Gasteiger partial charge on any atom is -1.00 e. The Labute approximate surface area is 219 Å². The van der Waals surface area contributed by atoms with Crippen LogP contribution in [0.25, 0.3) is 11.1 Å². The highest BCUT2D eigenvalue weighted by Crippen LogP contribution is 2.53. The van der Waals surface area contributed by atoms with Crippen LogP contribution in [0.4, 0.5) is 5.69 Å². The SMILES string of the molecule is CC(C)(C)c1ccc(-c2ccccc2[P+](C)(c2ccccc2)c2ccccc2)cc1[N+](=O)[O-].[I-]. The van der Waals surface area contributed by atoms with E-state index in [0.29, 0.717) is 0 Å². The summed E-state index contributed by atoms with van der Waals surface area (Å²) < 4.78 is 0. The van der Waals surface area contributed by atoms with Crippen molar-refractivity contribution < 1.29 is 28.9 Å². The largest absolute Gasteiger partial charge is 1.00 e. The van der Waals surface area contributed by atoms with E-state index in [1.54, 1.807) is 6.07 Å². The number of nitro benzene ring substituents is 1. The van der Waals surface area contributed by atoms with Gasteiger partial charge in [0, 0.05) is 17.2 Å².